The zero-order chi connectivity index (χ0) is 30.6. The SMILES string of the molecule is CCC=CC(F)=C(F)c1ccc(C2CCC(C(F)=C(F)C3CCC(c4cc(F)c(C(F)(F)F)c(F)c4)CC3)CC2)cc1. The summed E-state index contributed by atoms with van der Waals surface area (Å²) in [5.74, 6) is -8.45. The van der Waals surface area contributed by atoms with E-state index < -0.39 is 64.4 Å². The van der Waals surface area contributed by atoms with Crippen molar-refractivity contribution >= 4 is 5.83 Å². The molecule has 0 atom stereocenters. The predicted octanol–water partition coefficient (Wildman–Crippen LogP) is 12.0. The van der Waals surface area contributed by atoms with Gasteiger partial charge in [-0.3, -0.25) is 0 Å². The number of rotatable bonds is 7. The summed E-state index contributed by atoms with van der Waals surface area (Å²) in [4.78, 5) is 0. The van der Waals surface area contributed by atoms with Crippen LogP contribution in [-0.2, 0) is 6.18 Å². The molecule has 0 unspecified atom stereocenters. The van der Waals surface area contributed by atoms with Crippen LogP contribution in [0.4, 0.5) is 39.5 Å². The summed E-state index contributed by atoms with van der Waals surface area (Å²) in [5, 5.41) is 0. The fourth-order valence-corrected chi connectivity index (χ4v) is 6.18. The molecule has 0 aromatic heterocycles. The van der Waals surface area contributed by atoms with Crippen LogP contribution in [0.25, 0.3) is 5.83 Å². The van der Waals surface area contributed by atoms with E-state index in [-0.39, 0.29) is 42.7 Å². The molecule has 0 radical (unpaired) electrons. The Hall–Kier alpha value is -2.97. The maximum absolute atomic E-state index is 15.2. The maximum Gasteiger partial charge on any atom is 0.422 e. The van der Waals surface area contributed by atoms with Gasteiger partial charge in [0.25, 0.3) is 0 Å². The molecule has 2 aliphatic rings. The standard InChI is InChI=1S/C33H33F9/c1-2-3-4-26(34)30(37)22-11-5-19(6-12-22)20-7-13-23(14-8-20)31(38)32(39)24-15-9-21(10-16-24)25-17-27(35)29(28(36)18-25)33(40,41)42/h3-6,11-12,17-18,20-21,23-24H,2,7-10,13-16H2,1H3. The third-order valence-corrected chi connectivity index (χ3v) is 8.56. The van der Waals surface area contributed by atoms with Crippen LogP contribution in [0.5, 0.6) is 0 Å². The Balaban J connectivity index is 1.33. The van der Waals surface area contributed by atoms with Crippen LogP contribution in [0.2, 0.25) is 0 Å². The Morgan fingerprint density at radius 3 is 1.60 bits per heavy atom. The molecule has 0 heterocycles. The van der Waals surface area contributed by atoms with Crippen molar-refractivity contribution < 1.29 is 39.5 Å². The van der Waals surface area contributed by atoms with E-state index in [1.807, 2.05) is 6.92 Å². The summed E-state index contributed by atoms with van der Waals surface area (Å²) in [6.07, 6.45) is 1.10. The first-order valence-corrected chi connectivity index (χ1v) is 14.3. The lowest BCUT2D eigenvalue weighted by Crippen LogP contribution is -2.19. The number of benzene rings is 2. The number of allylic oxidation sites excluding steroid dienone is 5. The van der Waals surface area contributed by atoms with Gasteiger partial charge in [-0.15, -0.1) is 0 Å². The van der Waals surface area contributed by atoms with Gasteiger partial charge in [-0.2, -0.15) is 13.2 Å². The molecule has 0 bridgehead atoms. The Kier molecular flexibility index (Phi) is 10.3. The molecule has 9 heteroatoms. The Bertz CT molecular complexity index is 1300. The lowest BCUT2D eigenvalue weighted by molar-refractivity contribution is -0.142. The molecule has 2 aromatic carbocycles. The third-order valence-electron chi connectivity index (χ3n) is 8.56. The first kappa shape index (κ1) is 32.0. The minimum absolute atomic E-state index is 0.0861. The van der Waals surface area contributed by atoms with Gasteiger partial charge in [-0.25, -0.2) is 26.3 Å². The normalized spacial score (nSPS) is 24.9. The van der Waals surface area contributed by atoms with E-state index in [4.69, 9.17) is 0 Å². The van der Waals surface area contributed by atoms with Crippen molar-refractivity contribution in [2.24, 2.45) is 11.8 Å². The van der Waals surface area contributed by atoms with E-state index in [2.05, 4.69) is 0 Å². The topological polar surface area (TPSA) is 0 Å². The zero-order valence-electron chi connectivity index (χ0n) is 23.2. The van der Waals surface area contributed by atoms with Gasteiger partial charge in [0.15, 0.2) is 11.7 Å². The van der Waals surface area contributed by atoms with Crippen molar-refractivity contribution in [3.8, 4) is 0 Å². The highest BCUT2D eigenvalue weighted by Crippen LogP contribution is 2.45. The van der Waals surface area contributed by atoms with Crippen molar-refractivity contribution in [1.82, 2.24) is 0 Å². The first-order chi connectivity index (χ1) is 19.9. The Morgan fingerprint density at radius 2 is 1.17 bits per heavy atom. The average molecular weight is 601 g/mol. The van der Waals surface area contributed by atoms with Gasteiger partial charge >= 0.3 is 6.18 Å². The summed E-state index contributed by atoms with van der Waals surface area (Å²) in [6, 6.07) is 7.87. The van der Waals surface area contributed by atoms with Crippen LogP contribution < -0.4 is 0 Å². The van der Waals surface area contributed by atoms with Crippen LogP contribution in [0, 0.1) is 23.5 Å². The lowest BCUT2D eigenvalue weighted by atomic mass is 9.75. The summed E-state index contributed by atoms with van der Waals surface area (Å²) in [5.41, 5.74) is -0.789. The molecular formula is C33H33F9. The van der Waals surface area contributed by atoms with Crippen LogP contribution in [0.15, 0.2) is 66.0 Å². The van der Waals surface area contributed by atoms with E-state index in [9.17, 15) is 30.7 Å². The summed E-state index contributed by atoms with van der Waals surface area (Å²) < 4.78 is 125. The van der Waals surface area contributed by atoms with Gasteiger partial charge in [-0.05, 0) is 99.0 Å². The second kappa shape index (κ2) is 13.6. The molecule has 2 fully saturated rings. The fraction of sp³-hybridized carbons (Fsp3) is 0.455. The molecule has 2 aliphatic carbocycles. The summed E-state index contributed by atoms with van der Waals surface area (Å²) in [6.45, 7) is 1.82. The van der Waals surface area contributed by atoms with Crippen LogP contribution in [0.3, 0.4) is 0 Å². The molecule has 0 saturated heterocycles. The molecule has 0 aliphatic heterocycles. The number of hydrogen-bond acceptors (Lipinski definition) is 0. The summed E-state index contributed by atoms with van der Waals surface area (Å²) in [7, 11) is 0. The third kappa shape index (κ3) is 7.32. The second-order valence-corrected chi connectivity index (χ2v) is 11.2. The summed E-state index contributed by atoms with van der Waals surface area (Å²) >= 11 is 0. The van der Waals surface area contributed by atoms with E-state index in [0.717, 1.165) is 11.6 Å². The molecular weight excluding hydrogens is 567 g/mol. The second-order valence-electron chi connectivity index (χ2n) is 11.2. The zero-order valence-corrected chi connectivity index (χ0v) is 23.2. The Morgan fingerprint density at radius 1 is 0.714 bits per heavy atom. The molecule has 0 N–H and O–H groups in total. The highest BCUT2D eigenvalue weighted by atomic mass is 19.4. The minimum atomic E-state index is -5.15. The van der Waals surface area contributed by atoms with Gasteiger partial charge in [0.1, 0.15) is 28.9 Å². The lowest BCUT2D eigenvalue weighted by Gasteiger charge is -2.31. The van der Waals surface area contributed by atoms with Crippen LogP contribution in [-0.4, -0.2) is 0 Å². The van der Waals surface area contributed by atoms with E-state index >= 15 is 8.78 Å². The predicted molar refractivity (Wildman–Crippen MR) is 145 cm³/mol. The Labute approximate surface area is 240 Å². The van der Waals surface area contributed by atoms with Gasteiger partial charge in [0, 0.05) is 17.4 Å². The number of alkyl halides is 3. The van der Waals surface area contributed by atoms with Gasteiger partial charge in [-0.1, -0.05) is 37.3 Å². The molecule has 42 heavy (non-hydrogen) atoms. The van der Waals surface area contributed by atoms with Gasteiger partial charge in [0.05, 0.1) is 0 Å². The monoisotopic (exact) mass is 600 g/mol. The van der Waals surface area contributed by atoms with Crippen molar-refractivity contribution in [2.45, 2.75) is 82.7 Å². The molecule has 228 valence electrons. The van der Waals surface area contributed by atoms with E-state index in [1.165, 1.54) is 18.2 Å². The van der Waals surface area contributed by atoms with Crippen molar-refractivity contribution in [1.29, 1.82) is 0 Å². The van der Waals surface area contributed by atoms with Crippen molar-refractivity contribution in [2.75, 3.05) is 0 Å². The fourth-order valence-electron chi connectivity index (χ4n) is 6.18. The molecule has 2 saturated carbocycles. The average Bonchev–Trinajstić information content (AvgIpc) is 2.98. The molecule has 0 amide bonds. The van der Waals surface area contributed by atoms with Gasteiger partial charge < -0.3 is 0 Å². The van der Waals surface area contributed by atoms with Crippen molar-refractivity contribution in [3.05, 3.63) is 99.9 Å². The van der Waals surface area contributed by atoms with Crippen molar-refractivity contribution in [3.63, 3.8) is 0 Å². The highest BCUT2D eigenvalue weighted by Gasteiger charge is 2.39. The molecule has 4 rings (SSSR count). The van der Waals surface area contributed by atoms with E-state index in [1.54, 1.807) is 12.1 Å². The smallest absolute Gasteiger partial charge is 0.209 e. The molecule has 0 nitrogen and oxygen atoms in total. The van der Waals surface area contributed by atoms with E-state index in [0.29, 0.717) is 44.2 Å². The largest absolute Gasteiger partial charge is 0.422 e. The number of halogens is 9. The minimum Gasteiger partial charge on any atom is -0.209 e. The maximum atomic E-state index is 15.2. The first-order valence-electron chi connectivity index (χ1n) is 14.3. The van der Waals surface area contributed by atoms with Crippen LogP contribution >= 0.6 is 0 Å². The molecule has 0 spiro atoms. The number of hydrogen-bond donors (Lipinski definition) is 0. The molecule has 2 aromatic rings. The van der Waals surface area contributed by atoms with Gasteiger partial charge in [0.2, 0.25) is 0 Å². The quantitative estimate of drug-likeness (QED) is 0.219. The highest BCUT2D eigenvalue weighted by molar-refractivity contribution is 5.63. The van der Waals surface area contributed by atoms with Crippen LogP contribution in [0.1, 0.15) is 98.8 Å².